The summed E-state index contributed by atoms with van der Waals surface area (Å²) in [7, 11) is 1.40. The minimum absolute atomic E-state index is 0.0407. The number of aryl methyl sites for hydroxylation is 2. The molecule has 0 aromatic heterocycles. The van der Waals surface area contributed by atoms with Crippen molar-refractivity contribution >= 4 is 52.8 Å². The van der Waals surface area contributed by atoms with Crippen molar-refractivity contribution in [1.29, 1.82) is 0 Å². The Morgan fingerprint density at radius 3 is 2.46 bits per heavy atom. The van der Waals surface area contributed by atoms with Gasteiger partial charge < -0.3 is 25.4 Å². The molecule has 1 aliphatic rings. The van der Waals surface area contributed by atoms with Crippen LogP contribution in [0.5, 0.6) is 11.5 Å². The highest BCUT2D eigenvalue weighted by Gasteiger charge is 2.35. The van der Waals surface area contributed by atoms with Gasteiger partial charge in [-0.15, -0.1) is 0 Å². The zero-order chi connectivity index (χ0) is 29.5. The van der Waals surface area contributed by atoms with Crippen LogP contribution in [0.4, 0.5) is 16.2 Å². The van der Waals surface area contributed by atoms with E-state index >= 15 is 0 Å². The fraction of sp³-hybridized carbons (Fsp3) is 0.200. The average molecular weight is 577 g/mol. The number of hydrogen-bond donors (Lipinski definition) is 3. The van der Waals surface area contributed by atoms with Gasteiger partial charge in [0.2, 0.25) is 5.91 Å². The molecule has 10 nitrogen and oxygen atoms in total. The van der Waals surface area contributed by atoms with E-state index in [4.69, 9.17) is 21.1 Å². The van der Waals surface area contributed by atoms with E-state index in [9.17, 15) is 19.2 Å². The molecule has 0 bridgehead atoms. The van der Waals surface area contributed by atoms with Gasteiger partial charge in [0.25, 0.3) is 11.8 Å². The third-order valence-corrected chi connectivity index (χ3v) is 6.46. The van der Waals surface area contributed by atoms with Crippen LogP contribution in [0.25, 0.3) is 6.08 Å². The highest BCUT2D eigenvalue weighted by atomic mass is 35.5. The molecular weight excluding hydrogens is 548 g/mol. The van der Waals surface area contributed by atoms with Crippen molar-refractivity contribution in [3.63, 3.8) is 0 Å². The second-order valence-corrected chi connectivity index (χ2v) is 9.58. The first-order chi connectivity index (χ1) is 19.7. The molecule has 1 aliphatic heterocycles. The first-order valence-corrected chi connectivity index (χ1v) is 13.2. The number of halogens is 1. The largest absolute Gasteiger partial charge is 0.493 e. The maximum Gasteiger partial charge on any atom is 0.329 e. The molecule has 41 heavy (non-hydrogen) atoms. The van der Waals surface area contributed by atoms with Gasteiger partial charge in [-0.25, -0.2) is 9.69 Å². The molecule has 5 amide bonds. The zero-order valence-electron chi connectivity index (χ0n) is 22.7. The molecule has 3 aromatic rings. The van der Waals surface area contributed by atoms with Crippen LogP contribution in [0.3, 0.4) is 0 Å². The number of hydrogen-bond acceptors (Lipinski definition) is 6. The van der Waals surface area contributed by atoms with E-state index in [0.717, 1.165) is 16.0 Å². The van der Waals surface area contributed by atoms with Crippen molar-refractivity contribution in [2.24, 2.45) is 0 Å². The number of nitrogens with zero attached hydrogens (tertiary/aromatic N) is 1. The number of para-hydroxylation sites is 1. The molecule has 0 spiro atoms. The number of urea groups is 1. The van der Waals surface area contributed by atoms with E-state index in [-0.39, 0.29) is 34.7 Å². The van der Waals surface area contributed by atoms with Crippen molar-refractivity contribution in [3.05, 3.63) is 88.1 Å². The molecule has 3 N–H and O–H groups in total. The van der Waals surface area contributed by atoms with Gasteiger partial charge in [0, 0.05) is 11.4 Å². The number of carbonyl (C=O) groups excluding carboxylic acids is 4. The molecule has 1 heterocycles. The molecule has 1 saturated heterocycles. The minimum Gasteiger partial charge on any atom is -0.493 e. The van der Waals surface area contributed by atoms with E-state index in [0.29, 0.717) is 23.4 Å². The van der Waals surface area contributed by atoms with Crippen molar-refractivity contribution < 1.29 is 28.7 Å². The van der Waals surface area contributed by atoms with Gasteiger partial charge in [-0.2, -0.15) is 0 Å². The topological polar surface area (TPSA) is 126 Å². The van der Waals surface area contributed by atoms with Crippen molar-refractivity contribution in [2.75, 3.05) is 30.9 Å². The van der Waals surface area contributed by atoms with Gasteiger partial charge in [0.05, 0.1) is 12.1 Å². The number of anilines is 2. The van der Waals surface area contributed by atoms with E-state index in [2.05, 4.69) is 16.0 Å². The first-order valence-electron chi connectivity index (χ1n) is 12.8. The van der Waals surface area contributed by atoms with Gasteiger partial charge in [-0.3, -0.25) is 14.4 Å². The number of methoxy groups -OCH3 is 1. The van der Waals surface area contributed by atoms with E-state index in [1.54, 1.807) is 30.3 Å². The number of imide groups is 1. The van der Waals surface area contributed by atoms with Crippen LogP contribution in [-0.2, 0) is 20.8 Å². The first kappa shape index (κ1) is 29.2. The van der Waals surface area contributed by atoms with Crippen LogP contribution in [-0.4, -0.2) is 48.9 Å². The summed E-state index contributed by atoms with van der Waals surface area (Å²) < 4.78 is 11.0. The highest BCUT2D eigenvalue weighted by Crippen LogP contribution is 2.37. The number of nitrogens with one attached hydrogen (secondary N) is 3. The van der Waals surface area contributed by atoms with Gasteiger partial charge >= 0.3 is 6.03 Å². The van der Waals surface area contributed by atoms with Crippen molar-refractivity contribution in [2.45, 2.75) is 20.3 Å². The Kier molecular flexibility index (Phi) is 9.26. The summed E-state index contributed by atoms with van der Waals surface area (Å²) in [6, 6.07) is 16.9. The lowest BCUT2D eigenvalue weighted by Gasteiger charge is -2.14. The second-order valence-electron chi connectivity index (χ2n) is 9.18. The van der Waals surface area contributed by atoms with Crippen molar-refractivity contribution in [3.8, 4) is 11.5 Å². The second kappa shape index (κ2) is 13.0. The number of benzene rings is 3. The zero-order valence-corrected chi connectivity index (χ0v) is 23.5. The number of amides is 5. The number of carbonyl (C=O) groups is 4. The quantitative estimate of drug-likeness (QED) is 0.236. The summed E-state index contributed by atoms with van der Waals surface area (Å²) in [5.74, 6) is -1.21. The molecular formula is C30H29ClN4O6. The molecule has 4 rings (SSSR count). The summed E-state index contributed by atoms with van der Waals surface area (Å²) in [5, 5.41) is 8.09. The molecule has 0 radical (unpaired) electrons. The van der Waals surface area contributed by atoms with Gasteiger partial charge in [0.1, 0.15) is 12.2 Å². The molecule has 212 valence electrons. The van der Waals surface area contributed by atoms with Crippen LogP contribution in [0, 0.1) is 6.92 Å². The van der Waals surface area contributed by atoms with E-state index in [1.807, 2.05) is 38.1 Å². The summed E-state index contributed by atoms with van der Waals surface area (Å²) in [6.07, 6.45) is 2.12. The Bertz CT molecular complexity index is 1520. The maximum atomic E-state index is 12.9. The SMILES string of the molecule is CCc1ccccc1NC(=O)CN1C(=O)N/C(=C/c2cc(Cl)c(OCC(=O)Nc3ccc(C)cc3)c(OC)c2)C1=O. The molecule has 11 heteroatoms. The normalized spacial score (nSPS) is 13.7. The van der Waals surface area contributed by atoms with Crippen LogP contribution in [0.2, 0.25) is 5.02 Å². The molecule has 0 aliphatic carbocycles. The van der Waals surface area contributed by atoms with Gasteiger partial charge in [-0.05, 0) is 60.9 Å². The monoisotopic (exact) mass is 576 g/mol. The standard InChI is InChI=1S/C30H29ClN4O6/c1-4-20-7-5-6-8-23(20)33-26(36)16-35-29(38)24(34-30(35)39)14-19-13-22(31)28(25(15-19)40-3)41-17-27(37)32-21-11-9-18(2)10-12-21/h5-15H,4,16-17H2,1-3H3,(H,32,37)(H,33,36)(H,34,39)/b24-14+. The smallest absolute Gasteiger partial charge is 0.329 e. The fourth-order valence-corrected chi connectivity index (χ4v) is 4.37. The van der Waals surface area contributed by atoms with Crippen LogP contribution < -0.4 is 25.4 Å². The lowest BCUT2D eigenvalue weighted by Crippen LogP contribution is -2.38. The highest BCUT2D eigenvalue weighted by molar-refractivity contribution is 6.32. The molecule has 3 aromatic carbocycles. The molecule has 0 atom stereocenters. The summed E-state index contributed by atoms with van der Waals surface area (Å²) in [5.41, 5.74) is 3.64. The van der Waals surface area contributed by atoms with Crippen LogP contribution >= 0.6 is 11.6 Å². The Hall–Kier alpha value is -4.83. The third kappa shape index (κ3) is 7.23. The number of ether oxygens (including phenoxy) is 2. The summed E-state index contributed by atoms with van der Waals surface area (Å²) in [6.45, 7) is 3.13. The lowest BCUT2D eigenvalue weighted by molar-refractivity contribution is -0.127. The van der Waals surface area contributed by atoms with E-state index < -0.39 is 24.4 Å². The predicted molar refractivity (Wildman–Crippen MR) is 156 cm³/mol. The molecule has 1 fully saturated rings. The Morgan fingerprint density at radius 1 is 1.02 bits per heavy atom. The predicted octanol–water partition coefficient (Wildman–Crippen LogP) is 4.77. The third-order valence-electron chi connectivity index (χ3n) is 6.18. The summed E-state index contributed by atoms with van der Waals surface area (Å²) >= 11 is 6.42. The Morgan fingerprint density at radius 2 is 1.76 bits per heavy atom. The van der Waals surface area contributed by atoms with Crippen molar-refractivity contribution in [1.82, 2.24) is 10.2 Å². The average Bonchev–Trinajstić information content (AvgIpc) is 3.20. The van der Waals surface area contributed by atoms with Gasteiger partial charge in [-0.1, -0.05) is 54.4 Å². The van der Waals surface area contributed by atoms with E-state index in [1.165, 1.54) is 19.3 Å². The Labute approximate surface area is 242 Å². The minimum atomic E-state index is -0.724. The van der Waals surface area contributed by atoms with Crippen LogP contribution in [0.1, 0.15) is 23.6 Å². The molecule has 0 unspecified atom stereocenters. The number of rotatable bonds is 10. The van der Waals surface area contributed by atoms with Crippen LogP contribution in [0.15, 0.2) is 66.4 Å². The molecule has 0 saturated carbocycles. The Balaban J connectivity index is 1.42. The fourth-order valence-electron chi connectivity index (χ4n) is 4.10. The maximum absolute atomic E-state index is 12.9. The summed E-state index contributed by atoms with van der Waals surface area (Å²) in [4.78, 5) is 51.2. The van der Waals surface area contributed by atoms with Gasteiger partial charge in [0.15, 0.2) is 18.1 Å². The lowest BCUT2D eigenvalue weighted by atomic mass is 10.1.